The van der Waals surface area contributed by atoms with Crippen LogP contribution in [0.25, 0.3) is 33.9 Å². The second kappa shape index (κ2) is 18.3. The van der Waals surface area contributed by atoms with Crippen molar-refractivity contribution in [2.24, 2.45) is 5.73 Å². The molecular formula is C56H48N2. The molecule has 0 heterocycles. The SMILES string of the molecule is C=C/C(=C\C(=C/c1ccccc1C/C=C\C=C/CN)c1ccc(N(c2ccccc2)c2ccc(-c3cccc4c3Cc3ccccc3-4)cc2)cc1)C1=CC=CC=CC1. The topological polar surface area (TPSA) is 29.3 Å². The van der Waals surface area contributed by atoms with E-state index in [9.17, 15) is 0 Å². The van der Waals surface area contributed by atoms with Crippen molar-refractivity contribution < 1.29 is 0 Å². The summed E-state index contributed by atoms with van der Waals surface area (Å²) in [5.41, 5.74) is 24.0. The minimum atomic E-state index is 0.535. The molecule has 2 heteroatoms. The van der Waals surface area contributed by atoms with Crippen LogP contribution in [0.2, 0.25) is 0 Å². The quantitative estimate of drug-likeness (QED) is 0.0940. The van der Waals surface area contributed by atoms with Gasteiger partial charge < -0.3 is 10.6 Å². The highest BCUT2D eigenvalue weighted by Crippen LogP contribution is 2.43. The molecule has 0 atom stereocenters. The molecule has 0 aliphatic heterocycles. The summed E-state index contributed by atoms with van der Waals surface area (Å²) in [6, 6.07) is 52.8. The molecule has 2 aliphatic rings. The van der Waals surface area contributed by atoms with Crippen molar-refractivity contribution in [2.45, 2.75) is 19.3 Å². The van der Waals surface area contributed by atoms with Gasteiger partial charge in [-0.05, 0) is 135 Å². The number of nitrogens with zero attached hydrogens (tertiary/aromatic N) is 1. The highest BCUT2D eigenvalue weighted by Gasteiger charge is 2.21. The average molecular weight is 749 g/mol. The van der Waals surface area contributed by atoms with Crippen molar-refractivity contribution >= 4 is 28.7 Å². The lowest BCUT2D eigenvalue weighted by Crippen LogP contribution is -2.09. The fraction of sp³-hybridized carbons (Fsp3) is 0.0714. The number of hydrogen-bond donors (Lipinski definition) is 1. The van der Waals surface area contributed by atoms with E-state index in [0.29, 0.717) is 6.54 Å². The third kappa shape index (κ3) is 8.54. The molecule has 0 unspecified atom stereocenters. The van der Waals surface area contributed by atoms with Crippen molar-refractivity contribution in [1.29, 1.82) is 0 Å². The van der Waals surface area contributed by atoms with Crippen LogP contribution in [-0.4, -0.2) is 6.54 Å². The molecule has 2 nitrogen and oxygen atoms in total. The van der Waals surface area contributed by atoms with Gasteiger partial charge in [0.2, 0.25) is 0 Å². The van der Waals surface area contributed by atoms with Crippen molar-refractivity contribution in [3.8, 4) is 22.3 Å². The first-order valence-electron chi connectivity index (χ1n) is 20.1. The molecule has 282 valence electrons. The van der Waals surface area contributed by atoms with Crippen LogP contribution in [0.3, 0.4) is 0 Å². The summed E-state index contributed by atoms with van der Waals surface area (Å²) in [4.78, 5) is 2.34. The van der Waals surface area contributed by atoms with E-state index in [2.05, 4.69) is 212 Å². The zero-order chi connectivity index (χ0) is 39.5. The van der Waals surface area contributed by atoms with E-state index in [0.717, 1.165) is 53.0 Å². The smallest absolute Gasteiger partial charge is 0.0462 e. The normalized spacial score (nSPS) is 13.7. The highest BCUT2D eigenvalue weighted by atomic mass is 15.1. The van der Waals surface area contributed by atoms with E-state index in [1.54, 1.807) is 0 Å². The molecule has 58 heavy (non-hydrogen) atoms. The summed E-state index contributed by atoms with van der Waals surface area (Å²) < 4.78 is 0. The first kappa shape index (κ1) is 37.9. The van der Waals surface area contributed by atoms with Gasteiger partial charge in [-0.15, -0.1) is 0 Å². The zero-order valence-electron chi connectivity index (χ0n) is 32.8. The van der Waals surface area contributed by atoms with Gasteiger partial charge in [0.15, 0.2) is 0 Å². The first-order chi connectivity index (χ1) is 28.7. The van der Waals surface area contributed by atoms with Gasteiger partial charge in [-0.3, -0.25) is 0 Å². The van der Waals surface area contributed by atoms with E-state index in [4.69, 9.17) is 5.73 Å². The Balaban J connectivity index is 1.16. The van der Waals surface area contributed by atoms with Gasteiger partial charge in [0.25, 0.3) is 0 Å². The van der Waals surface area contributed by atoms with Gasteiger partial charge in [-0.1, -0.05) is 177 Å². The van der Waals surface area contributed by atoms with Crippen LogP contribution in [0.15, 0.2) is 230 Å². The lowest BCUT2D eigenvalue weighted by atomic mass is 9.93. The molecule has 6 aromatic carbocycles. The van der Waals surface area contributed by atoms with Gasteiger partial charge in [0, 0.05) is 23.6 Å². The minimum Gasteiger partial charge on any atom is -0.327 e. The van der Waals surface area contributed by atoms with Crippen LogP contribution < -0.4 is 10.6 Å². The molecule has 0 fully saturated rings. The van der Waals surface area contributed by atoms with E-state index in [-0.39, 0.29) is 0 Å². The Labute approximate surface area is 344 Å². The maximum Gasteiger partial charge on any atom is 0.0462 e. The maximum absolute atomic E-state index is 5.65. The number of nitrogens with two attached hydrogens (primary N) is 1. The highest BCUT2D eigenvalue weighted by molar-refractivity contribution is 5.91. The van der Waals surface area contributed by atoms with Crippen LogP contribution >= 0.6 is 0 Å². The zero-order valence-corrected chi connectivity index (χ0v) is 32.8. The number of benzene rings is 6. The average Bonchev–Trinajstić information content (AvgIpc) is 3.44. The number of anilines is 3. The fourth-order valence-corrected chi connectivity index (χ4v) is 7.95. The van der Waals surface area contributed by atoms with Gasteiger partial charge in [0.05, 0.1) is 0 Å². The third-order valence-corrected chi connectivity index (χ3v) is 10.9. The molecule has 0 aromatic heterocycles. The summed E-state index contributed by atoms with van der Waals surface area (Å²) in [7, 11) is 0. The molecule has 0 spiro atoms. The lowest BCUT2D eigenvalue weighted by Gasteiger charge is -2.26. The van der Waals surface area contributed by atoms with Crippen molar-refractivity contribution in [2.75, 3.05) is 11.4 Å². The van der Waals surface area contributed by atoms with Crippen molar-refractivity contribution in [3.05, 3.63) is 258 Å². The molecule has 0 amide bonds. The maximum atomic E-state index is 5.65. The van der Waals surface area contributed by atoms with Gasteiger partial charge >= 0.3 is 0 Å². The fourth-order valence-electron chi connectivity index (χ4n) is 7.95. The standard InChI is InChI=1S/C56H48N2/c1-2-42(43-19-8-3-4-9-20-43)39-49(40-47-23-14-13-22-44(47)21-10-5-6-17-38-57)45-30-34-51(35-31-45)58(50-25-11-7-12-26-50)52-36-32-46(33-37-52)53-28-18-29-55-54-27-16-15-24-48(54)41-56(53)55/h2-19,22-37,39-40H,1,20-21,38,41,57H2/b10-5-,17-6-,42-39+,49-40+. The van der Waals surface area contributed by atoms with E-state index in [1.165, 1.54) is 50.1 Å². The Morgan fingerprint density at radius 2 is 1.31 bits per heavy atom. The molecule has 0 saturated carbocycles. The van der Waals surface area contributed by atoms with Crippen LogP contribution in [0.5, 0.6) is 0 Å². The monoisotopic (exact) mass is 748 g/mol. The number of para-hydroxylation sites is 1. The molecule has 8 rings (SSSR count). The third-order valence-electron chi connectivity index (χ3n) is 10.9. The summed E-state index contributed by atoms with van der Waals surface area (Å²) in [6.45, 7) is 4.78. The second-order valence-electron chi connectivity index (χ2n) is 14.5. The molecule has 0 saturated heterocycles. The molecule has 2 aliphatic carbocycles. The first-order valence-corrected chi connectivity index (χ1v) is 20.1. The predicted octanol–water partition coefficient (Wildman–Crippen LogP) is 14.1. The molecule has 0 radical (unpaired) electrons. The Bertz CT molecular complexity index is 2610. The minimum absolute atomic E-state index is 0.535. The van der Waals surface area contributed by atoms with Crippen molar-refractivity contribution in [1.82, 2.24) is 0 Å². The number of rotatable bonds is 13. The summed E-state index contributed by atoms with van der Waals surface area (Å²) in [5, 5.41) is 0. The van der Waals surface area contributed by atoms with Gasteiger partial charge in [-0.25, -0.2) is 0 Å². The molecule has 6 aromatic rings. The molecule has 0 bridgehead atoms. The van der Waals surface area contributed by atoms with Crippen LogP contribution in [-0.2, 0) is 12.8 Å². The molecular weight excluding hydrogens is 701 g/mol. The van der Waals surface area contributed by atoms with Crippen LogP contribution in [0, 0.1) is 0 Å². The Kier molecular flexibility index (Phi) is 12.0. The van der Waals surface area contributed by atoms with Crippen LogP contribution in [0.4, 0.5) is 17.1 Å². The number of allylic oxidation sites excluding steroid dienone is 13. The largest absolute Gasteiger partial charge is 0.327 e. The van der Waals surface area contributed by atoms with E-state index in [1.807, 2.05) is 18.2 Å². The Morgan fingerprint density at radius 1 is 0.621 bits per heavy atom. The number of hydrogen-bond acceptors (Lipinski definition) is 2. The van der Waals surface area contributed by atoms with Crippen LogP contribution in [0.1, 0.15) is 34.2 Å². The Morgan fingerprint density at radius 3 is 2.12 bits per heavy atom. The summed E-state index contributed by atoms with van der Waals surface area (Å²) in [5.74, 6) is 0. The van der Waals surface area contributed by atoms with Gasteiger partial charge in [0.1, 0.15) is 0 Å². The Hall–Kier alpha value is -7.00. The van der Waals surface area contributed by atoms with Gasteiger partial charge in [-0.2, -0.15) is 0 Å². The van der Waals surface area contributed by atoms with E-state index < -0.39 is 0 Å². The predicted molar refractivity (Wildman–Crippen MR) is 249 cm³/mol. The molecule has 2 N–H and O–H groups in total. The lowest BCUT2D eigenvalue weighted by molar-refractivity contribution is 1.24. The van der Waals surface area contributed by atoms with Crippen molar-refractivity contribution in [3.63, 3.8) is 0 Å². The second-order valence-corrected chi connectivity index (χ2v) is 14.5. The number of fused-ring (bicyclic) bond motifs is 3. The summed E-state index contributed by atoms with van der Waals surface area (Å²) in [6.07, 6.45) is 28.1. The van der Waals surface area contributed by atoms with E-state index >= 15 is 0 Å². The summed E-state index contributed by atoms with van der Waals surface area (Å²) >= 11 is 0.